The third-order valence-electron chi connectivity index (χ3n) is 7.39. The highest BCUT2D eigenvalue weighted by Gasteiger charge is 2.61. The number of carbonyl (C=O) groups excluding carboxylic acids is 1. The van der Waals surface area contributed by atoms with Crippen LogP contribution >= 0.6 is 0 Å². The van der Waals surface area contributed by atoms with Gasteiger partial charge in [-0.05, 0) is 49.5 Å². The fraction of sp³-hybridized carbons (Fsp3) is 0.652. The van der Waals surface area contributed by atoms with Crippen LogP contribution in [0.3, 0.4) is 0 Å². The smallest absolute Gasteiger partial charge is 0.410 e. The van der Waals surface area contributed by atoms with Crippen LogP contribution in [0.25, 0.3) is 0 Å². The van der Waals surface area contributed by atoms with Crippen molar-refractivity contribution in [2.24, 2.45) is 17.8 Å². The number of nitrogens with zero attached hydrogens (tertiary/aromatic N) is 1. The lowest BCUT2D eigenvalue weighted by Crippen LogP contribution is -2.58. The number of fused-ring (bicyclic) bond motifs is 1. The monoisotopic (exact) mass is 385 g/mol. The van der Waals surface area contributed by atoms with E-state index in [1.165, 1.54) is 6.42 Å². The molecule has 152 valence electrons. The third-order valence-corrected chi connectivity index (χ3v) is 7.39. The van der Waals surface area contributed by atoms with Crippen LogP contribution < -0.4 is 0 Å². The lowest BCUT2D eigenvalue weighted by Gasteiger charge is -2.46. The standard InChI is InChI=1S/C23H31NO4/c25-21(26)20(18-10-5-2-6-11-18)23-14-7-12-19(23)13-15-24(23)22(27)28-16-17-8-3-1-4-9-17/h1,3-4,8-9,18-20H,2,5-7,10-16H2,(H,25,26)/t19-,20+,23-/m0/s1. The maximum absolute atomic E-state index is 13.1. The van der Waals surface area contributed by atoms with Crippen LogP contribution in [0, 0.1) is 17.8 Å². The SMILES string of the molecule is O=C(O)[C@@H](C1CCCCC1)[C@]12CCC[C@H]1CCN2C(=O)OCc1ccccc1. The Morgan fingerprint density at radius 2 is 1.82 bits per heavy atom. The van der Waals surface area contributed by atoms with E-state index in [0.717, 1.165) is 56.9 Å². The molecule has 3 fully saturated rings. The summed E-state index contributed by atoms with van der Waals surface area (Å²) in [7, 11) is 0. The molecule has 5 nitrogen and oxygen atoms in total. The molecule has 0 aromatic heterocycles. The molecule has 1 aromatic rings. The Morgan fingerprint density at radius 3 is 2.54 bits per heavy atom. The summed E-state index contributed by atoms with van der Waals surface area (Å²) >= 11 is 0. The van der Waals surface area contributed by atoms with Crippen molar-refractivity contribution in [2.75, 3.05) is 6.54 Å². The number of hydrogen-bond donors (Lipinski definition) is 1. The molecule has 1 aliphatic heterocycles. The molecule has 4 rings (SSSR count). The summed E-state index contributed by atoms with van der Waals surface area (Å²) in [6, 6.07) is 9.67. The first-order chi connectivity index (χ1) is 13.6. The number of carbonyl (C=O) groups is 2. The van der Waals surface area contributed by atoms with Gasteiger partial charge in [-0.2, -0.15) is 0 Å². The van der Waals surface area contributed by atoms with Crippen molar-refractivity contribution in [1.82, 2.24) is 4.90 Å². The molecule has 1 aromatic carbocycles. The number of amides is 1. The van der Waals surface area contributed by atoms with E-state index in [4.69, 9.17) is 4.74 Å². The highest BCUT2D eigenvalue weighted by Crippen LogP contribution is 2.55. The van der Waals surface area contributed by atoms with Gasteiger partial charge in [-0.1, -0.05) is 56.0 Å². The second-order valence-corrected chi connectivity index (χ2v) is 8.77. The summed E-state index contributed by atoms with van der Waals surface area (Å²) in [5.41, 5.74) is 0.399. The van der Waals surface area contributed by atoms with Gasteiger partial charge in [-0.15, -0.1) is 0 Å². The van der Waals surface area contributed by atoms with Gasteiger partial charge in [-0.25, -0.2) is 4.79 Å². The summed E-state index contributed by atoms with van der Waals surface area (Å²) in [5, 5.41) is 10.3. The number of carboxylic acid groups (broad SMARTS) is 1. The Kier molecular flexibility index (Phi) is 5.61. The second kappa shape index (κ2) is 8.14. The summed E-state index contributed by atoms with van der Waals surface area (Å²) in [4.78, 5) is 27.4. The van der Waals surface area contributed by atoms with Crippen molar-refractivity contribution < 1.29 is 19.4 Å². The molecule has 2 aliphatic carbocycles. The van der Waals surface area contributed by atoms with Gasteiger partial charge >= 0.3 is 12.1 Å². The number of carboxylic acids is 1. The predicted molar refractivity (Wildman–Crippen MR) is 106 cm³/mol. The van der Waals surface area contributed by atoms with Crippen molar-refractivity contribution in [3.8, 4) is 0 Å². The molecule has 1 amide bonds. The number of benzene rings is 1. The van der Waals surface area contributed by atoms with E-state index < -0.39 is 17.4 Å². The summed E-state index contributed by atoms with van der Waals surface area (Å²) < 4.78 is 5.66. The van der Waals surface area contributed by atoms with E-state index in [1.807, 2.05) is 35.2 Å². The lowest BCUT2D eigenvalue weighted by molar-refractivity contribution is -0.151. The molecule has 0 bridgehead atoms. The molecule has 3 atom stereocenters. The lowest BCUT2D eigenvalue weighted by atomic mass is 9.66. The van der Waals surface area contributed by atoms with Gasteiger partial charge < -0.3 is 14.7 Å². The first-order valence-corrected chi connectivity index (χ1v) is 10.8. The molecule has 1 heterocycles. The first kappa shape index (κ1) is 19.3. The predicted octanol–water partition coefficient (Wildman–Crippen LogP) is 4.85. The van der Waals surface area contributed by atoms with Crippen LogP contribution in [0.5, 0.6) is 0 Å². The summed E-state index contributed by atoms with van der Waals surface area (Å²) in [5.74, 6) is -0.720. The van der Waals surface area contributed by atoms with Crippen LogP contribution in [-0.2, 0) is 16.1 Å². The van der Waals surface area contributed by atoms with Gasteiger partial charge in [0.15, 0.2) is 0 Å². The highest BCUT2D eigenvalue weighted by atomic mass is 16.6. The van der Waals surface area contributed by atoms with Crippen molar-refractivity contribution in [3.63, 3.8) is 0 Å². The molecule has 0 spiro atoms. The van der Waals surface area contributed by atoms with Crippen LogP contribution in [-0.4, -0.2) is 34.2 Å². The van der Waals surface area contributed by atoms with Gasteiger partial charge in [0.1, 0.15) is 6.61 Å². The van der Waals surface area contributed by atoms with E-state index in [2.05, 4.69) is 0 Å². The van der Waals surface area contributed by atoms with Crippen LogP contribution in [0.2, 0.25) is 0 Å². The number of ether oxygens (including phenoxy) is 1. The maximum atomic E-state index is 13.1. The largest absolute Gasteiger partial charge is 0.481 e. The Morgan fingerprint density at radius 1 is 1.07 bits per heavy atom. The van der Waals surface area contributed by atoms with E-state index >= 15 is 0 Å². The summed E-state index contributed by atoms with van der Waals surface area (Å²) in [6.45, 7) is 0.854. The van der Waals surface area contributed by atoms with Gasteiger partial charge in [0.25, 0.3) is 0 Å². The number of rotatable bonds is 5. The number of aliphatic carboxylic acids is 1. The minimum atomic E-state index is -0.721. The molecule has 0 unspecified atom stereocenters. The number of likely N-dealkylation sites (tertiary alicyclic amines) is 1. The summed E-state index contributed by atoms with van der Waals surface area (Å²) in [6.07, 6.45) is 8.74. The van der Waals surface area contributed by atoms with Gasteiger partial charge in [0.2, 0.25) is 0 Å². The average Bonchev–Trinajstić information content (AvgIpc) is 3.26. The van der Waals surface area contributed by atoms with E-state index in [0.29, 0.717) is 12.5 Å². The van der Waals surface area contributed by atoms with E-state index in [9.17, 15) is 14.7 Å². The molecule has 1 saturated heterocycles. The molecule has 2 saturated carbocycles. The van der Waals surface area contributed by atoms with Crippen molar-refractivity contribution in [1.29, 1.82) is 0 Å². The second-order valence-electron chi connectivity index (χ2n) is 8.77. The van der Waals surface area contributed by atoms with E-state index in [1.54, 1.807) is 0 Å². The molecule has 28 heavy (non-hydrogen) atoms. The van der Waals surface area contributed by atoms with Crippen LogP contribution in [0.1, 0.15) is 63.4 Å². The Labute approximate surface area is 167 Å². The Bertz CT molecular complexity index is 700. The van der Waals surface area contributed by atoms with Gasteiger partial charge in [0, 0.05) is 6.54 Å². The van der Waals surface area contributed by atoms with Crippen molar-refractivity contribution in [2.45, 2.75) is 69.9 Å². The molecular formula is C23H31NO4. The number of hydrogen-bond acceptors (Lipinski definition) is 3. The van der Waals surface area contributed by atoms with Crippen molar-refractivity contribution in [3.05, 3.63) is 35.9 Å². The zero-order valence-corrected chi connectivity index (χ0v) is 16.5. The minimum absolute atomic E-state index is 0.175. The zero-order chi connectivity index (χ0) is 19.6. The van der Waals surface area contributed by atoms with E-state index in [-0.39, 0.29) is 18.6 Å². The quantitative estimate of drug-likeness (QED) is 0.787. The molecular weight excluding hydrogens is 354 g/mol. The van der Waals surface area contributed by atoms with Crippen LogP contribution in [0.15, 0.2) is 30.3 Å². The van der Waals surface area contributed by atoms with Gasteiger partial charge in [-0.3, -0.25) is 4.79 Å². The zero-order valence-electron chi connectivity index (χ0n) is 16.5. The van der Waals surface area contributed by atoms with Crippen molar-refractivity contribution >= 4 is 12.1 Å². The minimum Gasteiger partial charge on any atom is -0.481 e. The first-order valence-electron chi connectivity index (χ1n) is 10.8. The highest BCUT2D eigenvalue weighted by molar-refractivity contribution is 5.76. The fourth-order valence-electron chi connectivity index (χ4n) is 6.26. The maximum Gasteiger partial charge on any atom is 0.410 e. The fourth-order valence-corrected chi connectivity index (χ4v) is 6.26. The Hall–Kier alpha value is -2.04. The molecule has 0 radical (unpaired) electrons. The molecule has 1 N–H and O–H groups in total. The Balaban J connectivity index is 1.57. The third kappa shape index (κ3) is 3.40. The average molecular weight is 386 g/mol. The van der Waals surface area contributed by atoms with Gasteiger partial charge in [0.05, 0.1) is 11.5 Å². The van der Waals surface area contributed by atoms with Crippen LogP contribution in [0.4, 0.5) is 4.79 Å². The normalized spacial score (nSPS) is 28.7. The molecule has 5 heteroatoms. The topological polar surface area (TPSA) is 66.8 Å². The molecule has 3 aliphatic rings.